The Kier molecular flexibility index (Phi) is 21.1. The molecule has 0 radical (unpaired) electrons. The third-order valence-electron chi connectivity index (χ3n) is 5.75. The Morgan fingerprint density at radius 3 is 2.06 bits per heavy atom. The number of nitrogens with one attached hydrogen (secondary N) is 1. The van der Waals surface area contributed by atoms with E-state index >= 15 is 0 Å². The molecule has 0 aromatic heterocycles. The van der Waals surface area contributed by atoms with Crippen LogP contribution in [0.15, 0.2) is 66.9 Å². The molecule has 2 aromatic rings. The largest absolute Gasteiger partial charge is 0.400 e. The van der Waals surface area contributed by atoms with Crippen molar-refractivity contribution in [2.24, 2.45) is 0 Å². The molecule has 1 amide bonds. The molecule has 36 heavy (non-hydrogen) atoms. The minimum absolute atomic E-state index is 0.474. The molecule has 1 unspecified atom stereocenters. The molecule has 2 aromatic carbocycles. The molecule has 5 heteroatoms. The van der Waals surface area contributed by atoms with Gasteiger partial charge in [-0.3, -0.25) is 4.79 Å². The lowest BCUT2D eigenvalue weighted by Crippen LogP contribution is -2.17. The van der Waals surface area contributed by atoms with Gasteiger partial charge in [0.2, 0.25) is 6.41 Å². The quantitative estimate of drug-likeness (QED) is 0.237. The number of hydrogen-bond donors (Lipinski definition) is 3. The van der Waals surface area contributed by atoms with Gasteiger partial charge in [0.25, 0.3) is 0 Å². The van der Waals surface area contributed by atoms with Gasteiger partial charge in [-0.1, -0.05) is 100 Å². The summed E-state index contributed by atoms with van der Waals surface area (Å²) in [6.45, 7) is 9.57. The van der Waals surface area contributed by atoms with Gasteiger partial charge < -0.3 is 20.4 Å². The number of rotatable bonds is 11. The van der Waals surface area contributed by atoms with Crippen LogP contribution in [0, 0.1) is 0 Å². The van der Waals surface area contributed by atoms with E-state index < -0.39 is 6.10 Å². The fourth-order valence-electron chi connectivity index (χ4n) is 3.80. The molecule has 5 nitrogen and oxygen atoms in total. The van der Waals surface area contributed by atoms with Gasteiger partial charge in [-0.05, 0) is 49.3 Å². The van der Waals surface area contributed by atoms with E-state index in [9.17, 15) is 9.90 Å². The number of allylic oxidation sites excluding steroid dienone is 1. The lowest BCUT2D eigenvalue weighted by Gasteiger charge is -2.16. The highest BCUT2D eigenvalue weighted by Gasteiger charge is 2.13. The first-order valence-electron chi connectivity index (χ1n) is 13.3. The average molecular weight is 499 g/mol. The van der Waals surface area contributed by atoms with E-state index in [1.54, 1.807) is 11.9 Å². The maximum absolute atomic E-state index is 10.5. The van der Waals surface area contributed by atoms with Crippen LogP contribution in [0.1, 0.15) is 83.3 Å². The van der Waals surface area contributed by atoms with Crippen LogP contribution in [-0.4, -0.2) is 48.8 Å². The standard InChI is InChI=1S/C19H23NO2.C6H13N.C5H10.CH4O/c1-20(15-21)14-8-7-13-19(22)18-12-6-5-11-17(18)16-9-3-2-4-10-16;1-4-5-7-6(2)3;1-2-4-5-3-1;1-2/h2-6,9-12,15,19,22H,7-8,13-14H2,1H3;7H,2,4-5H2,1,3H3;1-5H2;2H,1H3. The summed E-state index contributed by atoms with van der Waals surface area (Å²) in [6.07, 6.45) is 11.5. The maximum atomic E-state index is 10.5. The zero-order valence-corrected chi connectivity index (χ0v) is 23.1. The van der Waals surface area contributed by atoms with Gasteiger partial charge in [0.15, 0.2) is 0 Å². The lowest BCUT2D eigenvalue weighted by molar-refractivity contribution is -0.117. The molecule has 0 heterocycles. The van der Waals surface area contributed by atoms with Crippen molar-refractivity contribution in [3.8, 4) is 11.1 Å². The number of amides is 1. The second kappa shape index (κ2) is 22.8. The molecular weight excluding hydrogens is 448 g/mol. The Morgan fingerprint density at radius 2 is 1.56 bits per heavy atom. The summed E-state index contributed by atoms with van der Waals surface area (Å²) < 4.78 is 0. The van der Waals surface area contributed by atoms with Crippen LogP contribution in [0.25, 0.3) is 11.1 Å². The van der Waals surface area contributed by atoms with Gasteiger partial charge in [-0.25, -0.2) is 0 Å². The fraction of sp³-hybridized carbons (Fsp3) is 0.516. The molecule has 0 spiro atoms. The van der Waals surface area contributed by atoms with Crippen LogP contribution < -0.4 is 5.32 Å². The van der Waals surface area contributed by atoms with Crippen molar-refractivity contribution >= 4 is 6.41 Å². The number of carbonyl (C=O) groups is 1. The molecule has 202 valence electrons. The average Bonchev–Trinajstić information content (AvgIpc) is 3.52. The number of hydrogen-bond acceptors (Lipinski definition) is 4. The summed E-state index contributed by atoms with van der Waals surface area (Å²) >= 11 is 0. The van der Waals surface area contributed by atoms with Crippen LogP contribution in [-0.2, 0) is 4.79 Å². The first-order chi connectivity index (χ1) is 17.5. The highest BCUT2D eigenvalue weighted by atomic mass is 16.3. The van der Waals surface area contributed by atoms with Crippen molar-refractivity contribution in [3.05, 3.63) is 72.4 Å². The van der Waals surface area contributed by atoms with Crippen molar-refractivity contribution in [3.63, 3.8) is 0 Å². The predicted octanol–water partition coefficient (Wildman–Crippen LogP) is 6.72. The predicted molar refractivity (Wildman–Crippen MR) is 154 cm³/mol. The van der Waals surface area contributed by atoms with E-state index in [2.05, 4.69) is 31.0 Å². The number of aliphatic hydroxyl groups excluding tert-OH is 2. The monoisotopic (exact) mass is 498 g/mol. The second-order valence-corrected chi connectivity index (χ2v) is 9.03. The van der Waals surface area contributed by atoms with Gasteiger partial charge in [0.05, 0.1) is 6.10 Å². The van der Waals surface area contributed by atoms with Gasteiger partial charge >= 0.3 is 0 Å². The van der Waals surface area contributed by atoms with E-state index in [1.165, 1.54) is 38.5 Å². The van der Waals surface area contributed by atoms with Crippen LogP contribution in [0.2, 0.25) is 0 Å². The Labute approximate surface area is 220 Å². The van der Waals surface area contributed by atoms with Crippen molar-refractivity contribution in [1.82, 2.24) is 10.2 Å². The van der Waals surface area contributed by atoms with Gasteiger partial charge in [-0.2, -0.15) is 0 Å². The van der Waals surface area contributed by atoms with Crippen LogP contribution in [0.3, 0.4) is 0 Å². The lowest BCUT2D eigenvalue weighted by atomic mass is 9.94. The molecule has 0 saturated heterocycles. The van der Waals surface area contributed by atoms with Crippen LogP contribution in [0.4, 0.5) is 0 Å². The van der Waals surface area contributed by atoms with Gasteiger partial charge in [-0.15, -0.1) is 0 Å². The molecule has 1 fully saturated rings. The van der Waals surface area contributed by atoms with E-state index in [4.69, 9.17) is 5.11 Å². The van der Waals surface area contributed by atoms with Crippen molar-refractivity contribution in [2.45, 2.75) is 77.7 Å². The zero-order valence-electron chi connectivity index (χ0n) is 23.1. The van der Waals surface area contributed by atoms with Gasteiger partial charge in [0.1, 0.15) is 0 Å². The Balaban J connectivity index is 0.000000714. The van der Waals surface area contributed by atoms with E-state index in [1.807, 2.05) is 49.4 Å². The highest BCUT2D eigenvalue weighted by Crippen LogP contribution is 2.30. The SMILES string of the molecule is C1CCCC1.C=C(C)NCCC.CN(C=O)CCCCC(O)c1ccccc1-c1ccccc1.CO. The van der Waals surface area contributed by atoms with Gasteiger partial charge in [0, 0.05) is 32.9 Å². The highest BCUT2D eigenvalue weighted by molar-refractivity contribution is 5.67. The topological polar surface area (TPSA) is 72.8 Å². The summed E-state index contributed by atoms with van der Waals surface area (Å²) in [5.41, 5.74) is 4.23. The summed E-state index contributed by atoms with van der Waals surface area (Å²) in [7, 11) is 2.77. The fourth-order valence-corrected chi connectivity index (χ4v) is 3.80. The molecule has 1 aliphatic carbocycles. The van der Waals surface area contributed by atoms with Crippen molar-refractivity contribution < 1.29 is 15.0 Å². The smallest absolute Gasteiger partial charge is 0.209 e. The van der Waals surface area contributed by atoms with Crippen molar-refractivity contribution in [1.29, 1.82) is 0 Å². The van der Waals surface area contributed by atoms with E-state index in [0.29, 0.717) is 6.42 Å². The number of aliphatic hydroxyl groups is 2. The maximum Gasteiger partial charge on any atom is 0.209 e. The molecular formula is C31H50N2O3. The van der Waals surface area contributed by atoms with Crippen LogP contribution in [0.5, 0.6) is 0 Å². The number of unbranched alkanes of at least 4 members (excludes halogenated alkanes) is 1. The Hall–Kier alpha value is -2.63. The summed E-state index contributed by atoms with van der Waals surface area (Å²) in [5, 5.41) is 20.6. The van der Waals surface area contributed by atoms with E-state index in [-0.39, 0.29) is 0 Å². The number of carbonyl (C=O) groups excluding carboxylic acids is 1. The minimum atomic E-state index is -0.474. The molecule has 3 N–H and O–H groups in total. The Morgan fingerprint density at radius 1 is 1.00 bits per heavy atom. The molecule has 3 rings (SSSR count). The zero-order chi connectivity index (χ0) is 27.0. The molecule has 0 aliphatic heterocycles. The molecule has 1 atom stereocenters. The summed E-state index contributed by atoms with van der Waals surface area (Å²) in [6, 6.07) is 18.1. The summed E-state index contributed by atoms with van der Waals surface area (Å²) in [5.74, 6) is 0. The first-order valence-corrected chi connectivity index (χ1v) is 13.3. The number of benzene rings is 2. The van der Waals surface area contributed by atoms with E-state index in [0.717, 1.165) is 61.8 Å². The third-order valence-corrected chi connectivity index (χ3v) is 5.75. The summed E-state index contributed by atoms with van der Waals surface area (Å²) in [4.78, 5) is 12.2. The molecule has 1 aliphatic rings. The minimum Gasteiger partial charge on any atom is -0.400 e. The second-order valence-electron chi connectivity index (χ2n) is 9.03. The van der Waals surface area contributed by atoms with Crippen molar-refractivity contribution in [2.75, 3.05) is 27.2 Å². The third kappa shape index (κ3) is 16.1. The molecule has 0 bridgehead atoms. The molecule has 1 saturated carbocycles. The first kappa shape index (κ1) is 33.4. The normalized spacial score (nSPS) is 12.4. The Bertz CT molecular complexity index is 784. The number of nitrogens with zero attached hydrogens (tertiary/aromatic N) is 1. The van der Waals surface area contributed by atoms with Crippen LogP contribution >= 0.6 is 0 Å².